The van der Waals surface area contributed by atoms with E-state index in [1.807, 2.05) is 0 Å². The molecule has 0 radical (unpaired) electrons. The summed E-state index contributed by atoms with van der Waals surface area (Å²) >= 11 is 0. The fourth-order valence-corrected chi connectivity index (χ4v) is 0.517. The number of carboxylic acid groups (broad SMARTS) is 1. The summed E-state index contributed by atoms with van der Waals surface area (Å²) in [6, 6.07) is 0. The summed E-state index contributed by atoms with van der Waals surface area (Å²) < 4.78 is 4.37. The number of carbonyl (C=O) groups is 2. The van der Waals surface area contributed by atoms with Gasteiger partial charge < -0.3 is 15.6 Å². The molecule has 5 heteroatoms. The van der Waals surface area contributed by atoms with Crippen molar-refractivity contribution in [3.63, 3.8) is 0 Å². The number of hydrogen-bond acceptors (Lipinski definition) is 3. The number of hydrogen-bond donors (Lipinski definition) is 2. The highest BCUT2D eigenvalue weighted by Crippen LogP contribution is 2.20. The van der Waals surface area contributed by atoms with E-state index < -0.39 is 24.1 Å². The molecule has 0 aromatic heterocycles. The molecule has 50 valence electrons. The zero-order valence-corrected chi connectivity index (χ0v) is 4.40. The van der Waals surface area contributed by atoms with E-state index in [4.69, 9.17) is 10.8 Å². The molecule has 0 aromatic rings. The van der Waals surface area contributed by atoms with Gasteiger partial charge in [-0.05, 0) is 0 Å². The monoisotopic (exact) mass is 131 g/mol. The number of carbonyl (C=O) groups excluding carboxylic acids is 1. The molecule has 2 atom stereocenters. The average Bonchev–Trinajstić information content (AvgIpc) is 2.39. The number of aliphatic carboxylic acids is 1. The van der Waals surface area contributed by atoms with Crippen LogP contribution in [0.15, 0.2) is 0 Å². The Morgan fingerprint density at radius 3 is 2.11 bits per heavy atom. The molecule has 1 fully saturated rings. The minimum Gasteiger partial charge on any atom is -0.479 e. The van der Waals surface area contributed by atoms with Gasteiger partial charge in [0.1, 0.15) is 0 Å². The first-order chi connectivity index (χ1) is 4.13. The minimum atomic E-state index is -1.14. The second-order valence-corrected chi connectivity index (χ2v) is 1.72. The number of amides is 1. The molecule has 0 aliphatic carbocycles. The number of ether oxygens (including phenoxy) is 1. The van der Waals surface area contributed by atoms with Gasteiger partial charge in [-0.25, -0.2) is 4.79 Å². The van der Waals surface area contributed by atoms with Crippen LogP contribution in [0.5, 0.6) is 0 Å². The fourth-order valence-electron chi connectivity index (χ4n) is 0.517. The highest BCUT2D eigenvalue weighted by Gasteiger charge is 2.49. The van der Waals surface area contributed by atoms with Gasteiger partial charge in [0, 0.05) is 0 Å². The average molecular weight is 131 g/mol. The molecule has 5 nitrogen and oxygen atoms in total. The van der Waals surface area contributed by atoms with Gasteiger partial charge in [0.05, 0.1) is 0 Å². The summed E-state index contributed by atoms with van der Waals surface area (Å²) in [6.45, 7) is 0. The van der Waals surface area contributed by atoms with Crippen molar-refractivity contribution >= 4 is 11.9 Å². The second kappa shape index (κ2) is 1.70. The molecule has 0 aromatic carbocycles. The van der Waals surface area contributed by atoms with Crippen LogP contribution >= 0.6 is 0 Å². The molecule has 0 saturated carbocycles. The highest BCUT2D eigenvalue weighted by atomic mass is 16.6. The summed E-state index contributed by atoms with van der Waals surface area (Å²) in [4.78, 5) is 20.1. The van der Waals surface area contributed by atoms with E-state index in [0.717, 1.165) is 0 Å². The van der Waals surface area contributed by atoms with Crippen LogP contribution < -0.4 is 5.73 Å². The SMILES string of the molecule is NC(=O)[C@@H]1O[C@@H]1C(=O)O. The van der Waals surface area contributed by atoms with Gasteiger partial charge in [-0.3, -0.25) is 4.79 Å². The van der Waals surface area contributed by atoms with Gasteiger partial charge in [-0.15, -0.1) is 0 Å². The van der Waals surface area contributed by atoms with E-state index in [2.05, 4.69) is 4.74 Å². The van der Waals surface area contributed by atoms with Crippen LogP contribution in [0.2, 0.25) is 0 Å². The smallest absolute Gasteiger partial charge is 0.336 e. The molecule has 0 bridgehead atoms. The van der Waals surface area contributed by atoms with Crippen molar-refractivity contribution in [2.75, 3.05) is 0 Å². The van der Waals surface area contributed by atoms with Crippen molar-refractivity contribution in [1.29, 1.82) is 0 Å². The Labute approximate surface area is 50.4 Å². The predicted molar refractivity (Wildman–Crippen MR) is 25.5 cm³/mol. The van der Waals surface area contributed by atoms with Crippen LogP contribution in [0.4, 0.5) is 0 Å². The summed E-state index contributed by atoms with van der Waals surface area (Å²) in [5.41, 5.74) is 4.70. The number of epoxide rings is 1. The predicted octanol–water partition coefficient (Wildman–Crippen LogP) is -1.68. The van der Waals surface area contributed by atoms with E-state index in [1.165, 1.54) is 0 Å². The highest BCUT2D eigenvalue weighted by molar-refractivity contribution is 5.90. The molecule has 1 saturated heterocycles. The largest absolute Gasteiger partial charge is 0.479 e. The first-order valence-electron chi connectivity index (χ1n) is 2.30. The van der Waals surface area contributed by atoms with Crippen LogP contribution in [-0.2, 0) is 14.3 Å². The van der Waals surface area contributed by atoms with Crippen LogP contribution in [0, 0.1) is 0 Å². The quantitative estimate of drug-likeness (QED) is 0.438. The van der Waals surface area contributed by atoms with Crippen molar-refractivity contribution in [3.8, 4) is 0 Å². The van der Waals surface area contributed by atoms with Gasteiger partial charge in [0.25, 0.3) is 0 Å². The first kappa shape index (κ1) is 6.03. The van der Waals surface area contributed by atoms with E-state index in [-0.39, 0.29) is 0 Å². The molecule has 1 aliphatic rings. The van der Waals surface area contributed by atoms with Crippen LogP contribution in [0.25, 0.3) is 0 Å². The summed E-state index contributed by atoms with van der Waals surface area (Å²) in [6.07, 6.45) is -1.90. The Hall–Kier alpha value is -1.10. The molecule has 1 aliphatic heterocycles. The van der Waals surface area contributed by atoms with Crippen LogP contribution in [0.1, 0.15) is 0 Å². The van der Waals surface area contributed by atoms with Gasteiger partial charge in [-0.2, -0.15) is 0 Å². The van der Waals surface area contributed by atoms with E-state index in [1.54, 1.807) is 0 Å². The normalized spacial score (nSPS) is 31.6. The third-order valence-electron chi connectivity index (χ3n) is 1.02. The van der Waals surface area contributed by atoms with Gasteiger partial charge in [0.2, 0.25) is 5.91 Å². The summed E-state index contributed by atoms with van der Waals surface area (Å²) in [5, 5.41) is 8.14. The Bertz CT molecular complexity index is 148. The van der Waals surface area contributed by atoms with Crippen molar-refractivity contribution in [3.05, 3.63) is 0 Å². The van der Waals surface area contributed by atoms with Crippen molar-refractivity contribution in [1.82, 2.24) is 0 Å². The topological polar surface area (TPSA) is 92.9 Å². The molecule has 3 N–H and O–H groups in total. The maximum absolute atomic E-state index is 10.1. The lowest BCUT2D eigenvalue weighted by Gasteiger charge is -1.79. The van der Waals surface area contributed by atoms with Crippen LogP contribution in [0.3, 0.4) is 0 Å². The molecular weight excluding hydrogens is 126 g/mol. The Morgan fingerprint density at radius 1 is 1.44 bits per heavy atom. The number of nitrogens with two attached hydrogens (primary N) is 1. The van der Waals surface area contributed by atoms with Gasteiger partial charge in [-0.1, -0.05) is 0 Å². The van der Waals surface area contributed by atoms with E-state index >= 15 is 0 Å². The van der Waals surface area contributed by atoms with E-state index in [9.17, 15) is 9.59 Å². The summed E-state index contributed by atoms with van der Waals surface area (Å²) in [7, 11) is 0. The fraction of sp³-hybridized carbons (Fsp3) is 0.500. The first-order valence-corrected chi connectivity index (χ1v) is 2.30. The standard InChI is InChI=1S/C4H5NO4/c5-3(6)1-2(9-1)4(7)8/h1-2H,(H2,5,6)(H,7,8)/t1-,2+/m1/s1. The van der Waals surface area contributed by atoms with Crippen molar-refractivity contribution in [2.45, 2.75) is 12.2 Å². The van der Waals surface area contributed by atoms with Gasteiger partial charge in [0.15, 0.2) is 12.2 Å². The second-order valence-electron chi connectivity index (χ2n) is 1.72. The third kappa shape index (κ3) is 0.996. The lowest BCUT2D eigenvalue weighted by Crippen LogP contribution is -2.22. The number of carboxylic acids is 1. The lowest BCUT2D eigenvalue weighted by atomic mass is 10.3. The van der Waals surface area contributed by atoms with Crippen LogP contribution in [-0.4, -0.2) is 29.2 Å². The minimum absolute atomic E-state index is 0.720. The van der Waals surface area contributed by atoms with Crippen molar-refractivity contribution < 1.29 is 19.4 Å². The molecule has 0 spiro atoms. The lowest BCUT2D eigenvalue weighted by molar-refractivity contribution is -0.138. The Kier molecular flexibility index (Phi) is 1.14. The van der Waals surface area contributed by atoms with Gasteiger partial charge >= 0.3 is 5.97 Å². The maximum Gasteiger partial charge on any atom is 0.336 e. The Balaban J connectivity index is 2.42. The number of rotatable bonds is 2. The summed E-state index contributed by atoms with van der Waals surface area (Å²) in [5.74, 6) is -1.86. The third-order valence-corrected chi connectivity index (χ3v) is 1.02. The molecule has 1 rings (SSSR count). The zero-order chi connectivity index (χ0) is 7.02. The molecule has 1 amide bonds. The molecule has 0 unspecified atom stereocenters. The number of primary amides is 1. The van der Waals surface area contributed by atoms with E-state index in [0.29, 0.717) is 0 Å². The zero-order valence-electron chi connectivity index (χ0n) is 4.40. The molecule has 9 heavy (non-hydrogen) atoms. The Morgan fingerprint density at radius 2 is 2.00 bits per heavy atom. The van der Waals surface area contributed by atoms with Crippen molar-refractivity contribution in [2.24, 2.45) is 5.73 Å². The molecule has 1 heterocycles. The maximum atomic E-state index is 10.1. The molecular formula is C4H5NO4.